The van der Waals surface area contributed by atoms with E-state index in [-0.39, 0.29) is 30.0 Å². The molecule has 3 aliphatic rings. The first-order chi connectivity index (χ1) is 18.1. The van der Waals surface area contributed by atoms with Gasteiger partial charge in [0, 0.05) is 18.2 Å². The van der Waals surface area contributed by atoms with Gasteiger partial charge >= 0.3 is 0 Å². The highest BCUT2D eigenvalue weighted by molar-refractivity contribution is 5.97. The first-order valence-corrected chi connectivity index (χ1v) is 14.2. The lowest BCUT2D eigenvalue weighted by Crippen LogP contribution is -2.54. The van der Waals surface area contributed by atoms with Crippen LogP contribution >= 0.6 is 0 Å². The Morgan fingerprint density at radius 2 is 1.54 bits per heavy atom. The summed E-state index contributed by atoms with van der Waals surface area (Å²) < 4.78 is 6.28. The number of morpholine rings is 1. The number of carbonyl (C=O) groups is 2. The van der Waals surface area contributed by atoms with Crippen molar-refractivity contribution >= 4 is 17.9 Å². The van der Waals surface area contributed by atoms with Gasteiger partial charge in [-0.25, -0.2) is 0 Å². The molecule has 0 spiro atoms. The normalized spacial score (nSPS) is 24.1. The number of amides is 2. The maximum Gasteiger partial charge on any atom is 0.289 e. The Bertz CT molecular complexity index is 1100. The minimum absolute atomic E-state index is 0.0101. The second-order valence-corrected chi connectivity index (χ2v) is 11.1. The lowest BCUT2D eigenvalue weighted by molar-refractivity contribution is -0.149. The van der Waals surface area contributed by atoms with E-state index in [0.717, 1.165) is 49.7 Å². The van der Waals surface area contributed by atoms with Gasteiger partial charge in [-0.05, 0) is 68.4 Å². The molecular formula is C32H40N2O3. The van der Waals surface area contributed by atoms with Crippen molar-refractivity contribution in [1.82, 2.24) is 10.2 Å². The van der Waals surface area contributed by atoms with E-state index < -0.39 is 0 Å². The highest BCUT2D eigenvalue weighted by atomic mass is 16.5. The molecule has 0 radical (unpaired) electrons. The zero-order valence-corrected chi connectivity index (χ0v) is 22.1. The van der Waals surface area contributed by atoms with Crippen LogP contribution in [0.2, 0.25) is 0 Å². The van der Waals surface area contributed by atoms with Crippen LogP contribution in [-0.2, 0) is 16.1 Å². The maximum absolute atomic E-state index is 13.6. The number of carbonyl (C=O) groups excluding carboxylic acids is 2. The average Bonchev–Trinajstić information content (AvgIpc) is 2.89. The van der Waals surface area contributed by atoms with Gasteiger partial charge in [-0.15, -0.1) is 0 Å². The number of hydrogen-bond donors (Lipinski definition) is 1. The van der Waals surface area contributed by atoms with Crippen LogP contribution < -0.4 is 5.32 Å². The molecule has 1 aliphatic heterocycles. The van der Waals surface area contributed by atoms with Gasteiger partial charge < -0.3 is 15.0 Å². The third-order valence-corrected chi connectivity index (χ3v) is 8.20. The van der Waals surface area contributed by atoms with Crippen molar-refractivity contribution in [2.24, 2.45) is 0 Å². The monoisotopic (exact) mass is 500 g/mol. The van der Waals surface area contributed by atoms with Gasteiger partial charge in [-0.1, -0.05) is 80.5 Å². The highest BCUT2D eigenvalue weighted by Gasteiger charge is 2.41. The van der Waals surface area contributed by atoms with Crippen molar-refractivity contribution in [2.45, 2.75) is 102 Å². The summed E-state index contributed by atoms with van der Waals surface area (Å²) >= 11 is 0. The van der Waals surface area contributed by atoms with Crippen molar-refractivity contribution < 1.29 is 14.3 Å². The molecule has 0 bridgehead atoms. The van der Waals surface area contributed by atoms with Crippen molar-refractivity contribution in [2.75, 3.05) is 0 Å². The molecule has 37 heavy (non-hydrogen) atoms. The fraction of sp³-hybridized carbons (Fsp3) is 0.500. The van der Waals surface area contributed by atoms with Gasteiger partial charge in [-0.2, -0.15) is 0 Å². The Balaban J connectivity index is 1.29. The molecule has 1 heterocycles. The molecule has 5 heteroatoms. The summed E-state index contributed by atoms with van der Waals surface area (Å²) in [4.78, 5) is 28.4. The lowest BCUT2D eigenvalue weighted by atomic mass is 9.89. The number of benzene rings is 2. The topological polar surface area (TPSA) is 58.6 Å². The van der Waals surface area contributed by atoms with E-state index in [9.17, 15) is 9.59 Å². The predicted molar refractivity (Wildman–Crippen MR) is 147 cm³/mol. The first-order valence-electron chi connectivity index (χ1n) is 14.2. The van der Waals surface area contributed by atoms with Gasteiger partial charge in [0.2, 0.25) is 0 Å². The number of nitrogens with zero attached hydrogens (tertiary/aromatic N) is 1. The fourth-order valence-electron chi connectivity index (χ4n) is 6.00. The van der Waals surface area contributed by atoms with Gasteiger partial charge in [0.25, 0.3) is 11.8 Å². The minimum atomic E-state index is -0.0465. The Morgan fingerprint density at radius 1 is 0.892 bits per heavy atom. The van der Waals surface area contributed by atoms with Crippen LogP contribution in [0.15, 0.2) is 54.3 Å². The zero-order valence-electron chi connectivity index (χ0n) is 22.1. The lowest BCUT2D eigenvalue weighted by Gasteiger charge is -2.44. The van der Waals surface area contributed by atoms with E-state index in [1.807, 2.05) is 35.2 Å². The van der Waals surface area contributed by atoms with Gasteiger partial charge in [0.1, 0.15) is 6.10 Å². The third-order valence-electron chi connectivity index (χ3n) is 8.20. The van der Waals surface area contributed by atoms with E-state index in [1.165, 1.54) is 37.7 Å². The minimum Gasteiger partial charge on any atom is -0.482 e. The number of fused-ring (bicyclic) bond motifs is 1. The summed E-state index contributed by atoms with van der Waals surface area (Å²) in [6, 6.07) is 16.3. The first kappa shape index (κ1) is 25.6. The van der Waals surface area contributed by atoms with Gasteiger partial charge in [-0.3, -0.25) is 9.59 Å². The van der Waals surface area contributed by atoms with Crippen LogP contribution in [0.25, 0.3) is 6.08 Å². The Morgan fingerprint density at radius 3 is 2.27 bits per heavy atom. The number of hydrogen-bond acceptors (Lipinski definition) is 3. The zero-order chi connectivity index (χ0) is 25.6. The second-order valence-electron chi connectivity index (χ2n) is 11.1. The molecule has 5 rings (SSSR count). The molecule has 2 aromatic rings. The molecule has 2 amide bonds. The van der Waals surface area contributed by atoms with Crippen molar-refractivity contribution in [3.05, 3.63) is 76.5 Å². The Hall–Kier alpha value is -3.08. The average molecular weight is 501 g/mol. The van der Waals surface area contributed by atoms with Crippen LogP contribution in [0, 0.1) is 6.92 Å². The van der Waals surface area contributed by atoms with E-state index >= 15 is 0 Å². The summed E-state index contributed by atoms with van der Waals surface area (Å²) in [5.41, 5.74) is 3.89. The number of ether oxygens (including phenoxy) is 1. The quantitative estimate of drug-likeness (QED) is 0.474. The van der Waals surface area contributed by atoms with Crippen LogP contribution in [0.4, 0.5) is 0 Å². The van der Waals surface area contributed by atoms with Crippen LogP contribution in [0.5, 0.6) is 0 Å². The molecule has 1 saturated heterocycles. The van der Waals surface area contributed by atoms with Crippen molar-refractivity contribution in [1.29, 1.82) is 0 Å². The Labute approximate surface area is 221 Å². The molecule has 2 saturated carbocycles. The van der Waals surface area contributed by atoms with Gasteiger partial charge in [0.15, 0.2) is 5.76 Å². The second kappa shape index (κ2) is 12.0. The number of rotatable bonds is 5. The fourth-order valence-corrected chi connectivity index (χ4v) is 6.00. The predicted octanol–water partition coefficient (Wildman–Crippen LogP) is 6.55. The summed E-state index contributed by atoms with van der Waals surface area (Å²) in [6.07, 6.45) is 14.5. The van der Waals surface area contributed by atoms with E-state index in [0.29, 0.717) is 17.9 Å². The summed E-state index contributed by atoms with van der Waals surface area (Å²) in [6.45, 7) is 2.68. The molecule has 2 aliphatic carbocycles. The largest absolute Gasteiger partial charge is 0.482 e. The van der Waals surface area contributed by atoms with Crippen LogP contribution in [-0.4, -0.2) is 34.9 Å². The molecule has 2 atom stereocenters. The van der Waals surface area contributed by atoms with Gasteiger partial charge in [0.05, 0.1) is 6.04 Å². The molecule has 5 nitrogen and oxygen atoms in total. The smallest absolute Gasteiger partial charge is 0.289 e. The maximum atomic E-state index is 13.6. The summed E-state index contributed by atoms with van der Waals surface area (Å²) in [5, 5.41) is 3.23. The van der Waals surface area contributed by atoms with E-state index in [2.05, 4.69) is 36.5 Å². The van der Waals surface area contributed by atoms with Crippen molar-refractivity contribution in [3.63, 3.8) is 0 Å². The van der Waals surface area contributed by atoms with Crippen LogP contribution in [0.1, 0.15) is 97.7 Å². The van der Waals surface area contributed by atoms with Crippen LogP contribution in [0.3, 0.4) is 0 Å². The molecule has 1 N–H and O–H groups in total. The number of aryl methyl sites for hydroxylation is 1. The molecule has 3 fully saturated rings. The summed E-state index contributed by atoms with van der Waals surface area (Å²) in [5.74, 6) is 0.348. The van der Waals surface area contributed by atoms with Crippen molar-refractivity contribution in [3.8, 4) is 0 Å². The summed E-state index contributed by atoms with van der Waals surface area (Å²) in [7, 11) is 0. The molecule has 2 aromatic carbocycles. The SMILES string of the molecule is Cc1ccc(CN2C(=O)/C(=C\c3ccc(C(=O)NC4CCCCCCC4)cc3)OC3CCCCC32)cc1. The number of nitrogens with one attached hydrogen (secondary N) is 1. The third kappa shape index (κ3) is 6.44. The Kier molecular flexibility index (Phi) is 8.28. The molecule has 2 unspecified atom stereocenters. The molecular weight excluding hydrogens is 460 g/mol. The molecule has 0 aromatic heterocycles. The highest BCUT2D eigenvalue weighted by Crippen LogP contribution is 2.34. The van der Waals surface area contributed by atoms with E-state index in [1.54, 1.807) is 0 Å². The standard InChI is InChI=1S/C32H40N2O3/c1-23-13-15-25(16-14-23)22-34-28-11-7-8-12-29(28)37-30(32(34)36)21-24-17-19-26(20-18-24)31(35)33-27-9-5-3-2-4-6-10-27/h13-21,27-29H,2-12,22H2,1H3,(H,33,35)/b30-21+. The molecule has 196 valence electrons. The van der Waals surface area contributed by atoms with E-state index in [4.69, 9.17) is 4.74 Å².